The molecule has 5 nitrogen and oxygen atoms in total. The summed E-state index contributed by atoms with van der Waals surface area (Å²) in [5, 5.41) is 9.44. The van der Waals surface area contributed by atoms with Gasteiger partial charge in [0, 0.05) is 19.4 Å². The fraction of sp³-hybridized carbons (Fsp3) is 0.556. The minimum Gasteiger partial charge on any atom is -0.480 e. The highest BCUT2D eigenvalue weighted by Crippen LogP contribution is 2.50. The first-order valence-electron chi connectivity index (χ1n) is 8.38. The predicted molar refractivity (Wildman–Crippen MR) is 85.2 cm³/mol. The van der Waals surface area contributed by atoms with Crippen LogP contribution in [0.1, 0.15) is 37.7 Å². The van der Waals surface area contributed by atoms with E-state index < -0.39 is 29.4 Å². The summed E-state index contributed by atoms with van der Waals surface area (Å²) in [6.07, 6.45) is -0.555. The van der Waals surface area contributed by atoms with E-state index in [0.29, 0.717) is 0 Å². The third-order valence-electron chi connectivity index (χ3n) is 5.28. The van der Waals surface area contributed by atoms with E-state index in [4.69, 9.17) is 4.74 Å². The number of benzene rings is 1. The van der Waals surface area contributed by atoms with Crippen LogP contribution >= 0.6 is 0 Å². The molecule has 136 valence electrons. The maximum atomic E-state index is 13.4. The molecule has 7 heteroatoms. The molecule has 1 aromatic carbocycles. The summed E-state index contributed by atoms with van der Waals surface area (Å²) < 4.78 is 32.1. The topological polar surface area (TPSA) is 66.8 Å². The van der Waals surface area contributed by atoms with Gasteiger partial charge < -0.3 is 9.84 Å². The van der Waals surface area contributed by atoms with Gasteiger partial charge in [0.05, 0.1) is 0 Å². The molecule has 2 aliphatic rings. The van der Waals surface area contributed by atoms with Crippen LogP contribution in [-0.4, -0.2) is 40.6 Å². The molecular formula is C18H21F2NO4. The molecule has 0 radical (unpaired) electrons. The summed E-state index contributed by atoms with van der Waals surface area (Å²) >= 11 is 0. The Morgan fingerprint density at radius 3 is 2.40 bits per heavy atom. The number of aliphatic carboxylic acids is 1. The van der Waals surface area contributed by atoms with Gasteiger partial charge in [0.25, 0.3) is 0 Å². The van der Waals surface area contributed by atoms with Crippen LogP contribution in [0.3, 0.4) is 0 Å². The minimum absolute atomic E-state index is 0.0492. The summed E-state index contributed by atoms with van der Waals surface area (Å²) in [5.74, 6) is -3.81. The molecule has 3 rings (SSSR count). The highest BCUT2D eigenvalue weighted by molar-refractivity contribution is 5.81. The van der Waals surface area contributed by atoms with E-state index in [9.17, 15) is 23.5 Å². The Labute approximate surface area is 144 Å². The van der Waals surface area contributed by atoms with Gasteiger partial charge in [0.1, 0.15) is 12.6 Å². The third-order valence-corrected chi connectivity index (χ3v) is 5.28. The number of hydrogen-bond donors (Lipinski definition) is 1. The average Bonchev–Trinajstić information content (AvgIpc) is 2.97. The van der Waals surface area contributed by atoms with Crippen LogP contribution in [-0.2, 0) is 16.1 Å². The molecule has 25 heavy (non-hydrogen) atoms. The standard InChI is InChI=1S/C18H21F2NO4/c19-18(20)8-6-17(7-9-18)10-14(15(22)23)21(12-17)16(24)25-11-13-4-2-1-3-5-13/h1-5,14H,6-12H2,(H,22,23). The second-order valence-electron chi connectivity index (χ2n) is 7.08. The van der Waals surface area contributed by atoms with Crippen LogP contribution in [0.2, 0.25) is 0 Å². The maximum absolute atomic E-state index is 13.4. The molecule has 1 aliphatic heterocycles. The molecular weight excluding hydrogens is 332 g/mol. The SMILES string of the molecule is O=C(O)C1CC2(CCC(F)(F)CC2)CN1C(=O)OCc1ccccc1. The van der Waals surface area contributed by atoms with Gasteiger partial charge in [-0.25, -0.2) is 18.4 Å². The lowest BCUT2D eigenvalue weighted by Gasteiger charge is -2.36. The minimum atomic E-state index is -2.69. The zero-order valence-electron chi connectivity index (χ0n) is 13.8. The van der Waals surface area contributed by atoms with Crippen molar-refractivity contribution in [3.8, 4) is 0 Å². The molecule has 1 saturated carbocycles. The zero-order valence-corrected chi connectivity index (χ0v) is 13.8. The van der Waals surface area contributed by atoms with Crippen molar-refractivity contribution in [1.29, 1.82) is 0 Å². The Balaban J connectivity index is 1.66. The van der Waals surface area contributed by atoms with Crippen LogP contribution in [0.4, 0.5) is 13.6 Å². The lowest BCUT2D eigenvalue weighted by Crippen LogP contribution is -2.41. The Morgan fingerprint density at radius 2 is 1.80 bits per heavy atom. The van der Waals surface area contributed by atoms with Crippen molar-refractivity contribution in [2.75, 3.05) is 6.54 Å². The van der Waals surface area contributed by atoms with Crippen molar-refractivity contribution >= 4 is 12.1 Å². The van der Waals surface area contributed by atoms with Gasteiger partial charge in [0.2, 0.25) is 5.92 Å². The molecule has 1 aromatic rings. The first kappa shape index (κ1) is 17.6. The average molecular weight is 353 g/mol. The maximum Gasteiger partial charge on any atom is 0.410 e. The summed E-state index contributed by atoms with van der Waals surface area (Å²) in [6, 6.07) is 8.06. The zero-order chi connectivity index (χ0) is 18.1. The Morgan fingerprint density at radius 1 is 1.16 bits per heavy atom. The fourth-order valence-electron chi connectivity index (χ4n) is 3.78. The van der Waals surface area contributed by atoms with Gasteiger partial charge in [-0.2, -0.15) is 0 Å². The molecule has 1 saturated heterocycles. The van der Waals surface area contributed by atoms with E-state index in [1.807, 2.05) is 18.2 Å². The fourth-order valence-corrected chi connectivity index (χ4v) is 3.78. The molecule has 0 bridgehead atoms. The number of halogens is 2. The molecule has 1 spiro atoms. The highest BCUT2D eigenvalue weighted by Gasteiger charge is 2.53. The summed E-state index contributed by atoms with van der Waals surface area (Å²) in [6.45, 7) is 0.210. The number of carbonyl (C=O) groups is 2. The van der Waals surface area contributed by atoms with Crippen molar-refractivity contribution in [2.24, 2.45) is 5.41 Å². The van der Waals surface area contributed by atoms with Gasteiger partial charge in [-0.15, -0.1) is 0 Å². The third kappa shape index (κ3) is 3.91. The molecule has 1 N–H and O–H groups in total. The molecule has 1 amide bonds. The first-order chi connectivity index (χ1) is 11.8. The van der Waals surface area contributed by atoms with Gasteiger partial charge in [-0.1, -0.05) is 30.3 Å². The Kier molecular flexibility index (Phi) is 4.67. The Bertz CT molecular complexity index is 640. The van der Waals surface area contributed by atoms with Crippen LogP contribution < -0.4 is 0 Å². The number of nitrogens with zero attached hydrogens (tertiary/aromatic N) is 1. The molecule has 1 aliphatic carbocycles. The van der Waals surface area contributed by atoms with E-state index >= 15 is 0 Å². The van der Waals surface area contributed by atoms with E-state index in [-0.39, 0.29) is 45.3 Å². The normalized spacial score (nSPS) is 24.2. The number of rotatable bonds is 3. The van der Waals surface area contributed by atoms with Crippen LogP contribution in [0.15, 0.2) is 30.3 Å². The van der Waals surface area contributed by atoms with Gasteiger partial charge in [0.15, 0.2) is 0 Å². The largest absolute Gasteiger partial charge is 0.480 e. The van der Waals surface area contributed by atoms with Crippen molar-refractivity contribution < 1.29 is 28.2 Å². The second kappa shape index (κ2) is 6.61. The lowest BCUT2D eigenvalue weighted by atomic mass is 9.71. The summed E-state index contributed by atoms with van der Waals surface area (Å²) in [7, 11) is 0. The Hall–Kier alpha value is -2.18. The van der Waals surface area contributed by atoms with Gasteiger partial charge in [-0.05, 0) is 30.2 Å². The molecule has 0 aromatic heterocycles. The van der Waals surface area contributed by atoms with Crippen molar-refractivity contribution in [3.05, 3.63) is 35.9 Å². The summed E-state index contributed by atoms with van der Waals surface area (Å²) in [4.78, 5) is 25.1. The second-order valence-corrected chi connectivity index (χ2v) is 7.08. The number of ether oxygens (including phenoxy) is 1. The number of carboxylic acid groups (broad SMARTS) is 1. The van der Waals surface area contributed by atoms with E-state index in [1.165, 1.54) is 4.90 Å². The first-order valence-corrected chi connectivity index (χ1v) is 8.38. The molecule has 2 fully saturated rings. The van der Waals surface area contributed by atoms with Crippen LogP contribution in [0.25, 0.3) is 0 Å². The smallest absolute Gasteiger partial charge is 0.410 e. The van der Waals surface area contributed by atoms with Crippen molar-refractivity contribution in [2.45, 2.75) is 50.7 Å². The monoisotopic (exact) mass is 353 g/mol. The van der Waals surface area contributed by atoms with E-state index in [2.05, 4.69) is 0 Å². The number of carboxylic acids is 1. The molecule has 1 atom stereocenters. The quantitative estimate of drug-likeness (QED) is 0.900. The number of alkyl halides is 2. The highest BCUT2D eigenvalue weighted by atomic mass is 19.3. The molecule has 1 unspecified atom stereocenters. The van der Waals surface area contributed by atoms with Crippen LogP contribution in [0.5, 0.6) is 0 Å². The van der Waals surface area contributed by atoms with Gasteiger partial charge in [-0.3, -0.25) is 4.90 Å². The molecule has 1 heterocycles. The predicted octanol–water partition coefficient (Wildman–Crippen LogP) is 3.68. The van der Waals surface area contributed by atoms with Gasteiger partial charge >= 0.3 is 12.1 Å². The van der Waals surface area contributed by atoms with Crippen LogP contribution in [0, 0.1) is 5.41 Å². The van der Waals surface area contributed by atoms with Crippen molar-refractivity contribution in [1.82, 2.24) is 4.90 Å². The number of carbonyl (C=O) groups excluding carboxylic acids is 1. The summed E-state index contributed by atoms with van der Waals surface area (Å²) in [5.41, 5.74) is 0.255. The lowest BCUT2D eigenvalue weighted by molar-refractivity contribution is -0.141. The van der Waals surface area contributed by atoms with E-state index in [0.717, 1.165) is 5.56 Å². The number of hydrogen-bond acceptors (Lipinski definition) is 3. The number of amides is 1. The number of likely N-dealkylation sites (tertiary alicyclic amines) is 1. The van der Waals surface area contributed by atoms with Crippen molar-refractivity contribution in [3.63, 3.8) is 0 Å². The van der Waals surface area contributed by atoms with E-state index in [1.54, 1.807) is 12.1 Å².